The van der Waals surface area contributed by atoms with Gasteiger partial charge in [-0.1, -0.05) is 6.92 Å². The van der Waals surface area contributed by atoms with Gasteiger partial charge in [-0.05, 0) is 12.7 Å². The molecule has 17 heavy (non-hydrogen) atoms. The van der Waals surface area contributed by atoms with Crippen molar-refractivity contribution in [3.8, 4) is 0 Å². The molecule has 0 atom stereocenters. The van der Waals surface area contributed by atoms with Gasteiger partial charge in [0.2, 0.25) is 5.78 Å². The minimum Gasteiger partial charge on any atom is -0.481 e. The van der Waals surface area contributed by atoms with Crippen LogP contribution in [0.2, 0.25) is 0 Å². The van der Waals surface area contributed by atoms with Crippen LogP contribution in [-0.2, 0) is 14.4 Å². The predicted molar refractivity (Wildman–Crippen MR) is 70.6 cm³/mol. The maximum absolute atomic E-state index is 10.5. The fourth-order valence-electron chi connectivity index (χ4n) is 0.628. The number of Topliss-reactive ketones (excluding diaryl/α,β-unsaturated/α-hetero) is 1. The summed E-state index contributed by atoms with van der Waals surface area (Å²) >= 11 is 3.24. The summed E-state index contributed by atoms with van der Waals surface area (Å²) in [5, 5.41) is 17.0. The fourth-order valence-corrected chi connectivity index (χ4v) is 2.10. The minimum absolute atomic E-state index is 0.139. The molecule has 0 aromatic heterocycles. The van der Waals surface area contributed by atoms with Gasteiger partial charge >= 0.3 is 11.9 Å². The molecule has 0 spiro atoms. The van der Waals surface area contributed by atoms with E-state index >= 15 is 0 Å². The van der Waals surface area contributed by atoms with E-state index in [1.54, 1.807) is 23.5 Å². The Morgan fingerprint density at radius 3 is 2.00 bits per heavy atom. The molecule has 0 amide bonds. The highest BCUT2D eigenvalue weighted by molar-refractivity contribution is 8.15. The van der Waals surface area contributed by atoms with Crippen LogP contribution in [0.25, 0.3) is 0 Å². The molecule has 0 aromatic carbocycles. The quantitative estimate of drug-likeness (QED) is 0.399. The molecule has 100 valence electrons. The zero-order valence-electron chi connectivity index (χ0n) is 9.97. The minimum atomic E-state index is -1.32. The van der Waals surface area contributed by atoms with Crippen molar-refractivity contribution < 1.29 is 24.6 Å². The Morgan fingerprint density at radius 1 is 1.12 bits per heavy atom. The molecule has 0 unspecified atom stereocenters. The van der Waals surface area contributed by atoms with Crippen molar-refractivity contribution in [2.45, 2.75) is 26.2 Å². The SMILES string of the molecule is CCCC(=O)O.CSCSCCC(=O)C(=O)O. The molecular weight excluding hydrogens is 264 g/mol. The van der Waals surface area contributed by atoms with Gasteiger partial charge in [-0.15, -0.1) is 0 Å². The van der Waals surface area contributed by atoms with Crippen molar-refractivity contribution in [3.05, 3.63) is 0 Å². The zero-order chi connectivity index (χ0) is 13.7. The second kappa shape index (κ2) is 13.4. The Labute approximate surface area is 109 Å². The molecule has 0 heterocycles. The van der Waals surface area contributed by atoms with Gasteiger partial charge in [0.05, 0.1) is 0 Å². The Kier molecular flexibility index (Phi) is 14.7. The van der Waals surface area contributed by atoms with Gasteiger partial charge in [0.25, 0.3) is 0 Å². The monoisotopic (exact) mass is 282 g/mol. The predicted octanol–water partition coefficient (Wildman–Crippen LogP) is 1.96. The Balaban J connectivity index is 0. The topological polar surface area (TPSA) is 91.7 Å². The number of carboxylic acids is 2. The summed E-state index contributed by atoms with van der Waals surface area (Å²) in [5.41, 5.74) is 0. The van der Waals surface area contributed by atoms with Crippen LogP contribution in [0, 0.1) is 0 Å². The van der Waals surface area contributed by atoms with E-state index in [0.29, 0.717) is 12.2 Å². The van der Waals surface area contributed by atoms with E-state index in [1.165, 1.54) is 0 Å². The number of hydrogen-bond acceptors (Lipinski definition) is 5. The summed E-state index contributed by atoms with van der Waals surface area (Å²) in [5.74, 6) is -2.13. The Morgan fingerprint density at radius 2 is 1.71 bits per heavy atom. The van der Waals surface area contributed by atoms with Crippen LogP contribution in [-0.4, -0.2) is 45.0 Å². The van der Waals surface area contributed by atoms with Gasteiger partial charge in [0.15, 0.2) is 0 Å². The molecular formula is C10H18O5S2. The van der Waals surface area contributed by atoms with Crippen LogP contribution < -0.4 is 0 Å². The fraction of sp³-hybridized carbons (Fsp3) is 0.700. The van der Waals surface area contributed by atoms with Gasteiger partial charge in [0.1, 0.15) is 0 Å². The maximum atomic E-state index is 10.5. The van der Waals surface area contributed by atoms with Gasteiger partial charge in [0, 0.05) is 23.7 Å². The number of hydrogen-bond donors (Lipinski definition) is 2. The summed E-state index contributed by atoms with van der Waals surface area (Å²) in [7, 11) is 0. The molecule has 0 aliphatic heterocycles. The number of carbonyl (C=O) groups excluding carboxylic acids is 1. The van der Waals surface area contributed by atoms with Crippen molar-refractivity contribution in [2.75, 3.05) is 17.1 Å². The van der Waals surface area contributed by atoms with E-state index in [2.05, 4.69) is 0 Å². The van der Waals surface area contributed by atoms with Crippen LogP contribution >= 0.6 is 23.5 Å². The largest absolute Gasteiger partial charge is 0.481 e. The van der Waals surface area contributed by atoms with Crippen molar-refractivity contribution in [1.29, 1.82) is 0 Å². The molecule has 7 heteroatoms. The summed E-state index contributed by atoms with van der Waals surface area (Å²) in [4.78, 5) is 30.1. The van der Waals surface area contributed by atoms with Crippen molar-refractivity contribution >= 4 is 41.2 Å². The van der Waals surface area contributed by atoms with Crippen LogP contribution in [0.1, 0.15) is 26.2 Å². The van der Waals surface area contributed by atoms with Crippen LogP contribution in [0.4, 0.5) is 0 Å². The van der Waals surface area contributed by atoms with Crippen LogP contribution in [0.5, 0.6) is 0 Å². The first-order valence-electron chi connectivity index (χ1n) is 5.00. The van der Waals surface area contributed by atoms with Crippen molar-refractivity contribution in [3.63, 3.8) is 0 Å². The Bertz CT molecular complexity index is 243. The van der Waals surface area contributed by atoms with E-state index in [-0.39, 0.29) is 6.42 Å². The maximum Gasteiger partial charge on any atom is 0.372 e. The van der Waals surface area contributed by atoms with E-state index in [1.807, 2.05) is 13.2 Å². The van der Waals surface area contributed by atoms with Crippen molar-refractivity contribution in [1.82, 2.24) is 0 Å². The molecule has 5 nitrogen and oxygen atoms in total. The lowest BCUT2D eigenvalue weighted by Gasteiger charge is -1.95. The first-order valence-corrected chi connectivity index (χ1v) is 7.55. The molecule has 0 radical (unpaired) electrons. The van der Waals surface area contributed by atoms with Crippen LogP contribution in [0.15, 0.2) is 0 Å². The number of carbonyl (C=O) groups is 3. The summed E-state index contributed by atoms with van der Waals surface area (Å²) in [6.07, 6.45) is 3.13. The first kappa shape index (κ1) is 18.7. The average Bonchev–Trinajstić information content (AvgIpc) is 2.24. The third-order valence-electron chi connectivity index (χ3n) is 1.38. The molecule has 0 saturated heterocycles. The number of rotatable bonds is 8. The summed E-state index contributed by atoms with van der Waals surface area (Å²) in [6, 6.07) is 0. The number of thioether (sulfide) groups is 2. The standard InChI is InChI=1S/C6H10O3S2.C4H8O2/c1-10-4-11-3-2-5(7)6(8)9;1-2-3-4(5)6/h2-4H2,1H3,(H,8,9);2-3H2,1H3,(H,5,6). The van der Waals surface area contributed by atoms with Crippen molar-refractivity contribution in [2.24, 2.45) is 0 Å². The molecule has 0 aliphatic rings. The summed E-state index contributed by atoms with van der Waals surface area (Å²) < 4.78 is 0. The smallest absolute Gasteiger partial charge is 0.372 e. The highest BCUT2D eigenvalue weighted by Gasteiger charge is 2.09. The first-order chi connectivity index (χ1) is 7.95. The summed E-state index contributed by atoms with van der Waals surface area (Å²) in [6.45, 7) is 1.84. The normalized spacial score (nSPS) is 9.06. The molecule has 0 bridgehead atoms. The lowest BCUT2D eigenvalue weighted by molar-refractivity contribution is -0.148. The molecule has 0 fully saturated rings. The highest BCUT2D eigenvalue weighted by atomic mass is 32.2. The molecule has 2 N–H and O–H groups in total. The van der Waals surface area contributed by atoms with E-state index in [0.717, 1.165) is 11.5 Å². The van der Waals surface area contributed by atoms with Gasteiger partial charge in [-0.2, -0.15) is 23.5 Å². The zero-order valence-corrected chi connectivity index (χ0v) is 11.6. The van der Waals surface area contributed by atoms with Gasteiger partial charge < -0.3 is 10.2 Å². The Hall–Kier alpha value is -0.690. The second-order valence-corrected chi connectivity index (χ2v) is 5.27. The number of ketones is 1. The van der Waals surface area contributed by atoms with Gasteiger partial charge in [-0.25, -0.2) is 4.79 Å². The van der Waals surface area contributed by atoms with E-state index in [4.69, 9.17) is 10.2 Å². The lowest BCUT2D eigenvalue weighted by Crippen LogP contribution is -2.12. The molecule has 0 rings (SSSR count). The second-order valence-electron chi connectivity index (χ2n) is 2.94. The highest BCUT2D eigenvalue weighted by Crippen LogP contribution is 2.09. The third kappa shape index (κ3) is 17.9. The number of aliphatic carboxylic acids is 2. The molecule has 0 aliphatic carbocycles. The van der Waals surface area contributed by atoms with E-state index in [9.17, 15) is 14.4 Å². The van der Waals surface area contributed by atoms with Crippen LogP contribution in [0.3, 0.4) is 0 Å². The average molecular weight is 282 g/mol. The van der Waals surface area contributed by atoms with Gasteiger partial charge in [-0.3, -0.25) is 9.59 Å². The number of carboxylic acid groups (broad SMARTS) is 2. The third-order valence-corrected chi connectivity index (χ3v) is 3.48. The molecule has 0 saturated carbocycles. The molecule has 0 aromatic rings. The van der Waals surface area contributed by atoms with E-state index < -0.39 is 17.7 Å². The lowest BCUT2D eigenvalue weighted by atomic mass is 10.3.